The van der Waals surface area contributed by atoms with E-state index in [1.807, 2.05) is 41.0 Å². The van der Waals surface area contributed by atoms with Gasteiger partial charge in [0.25, 0.3) is 0 Å². The maximum atomic E-state index is 14.1. The van der Waals surface area contributed by atoms with E-state index < -0.39 is 0 Å². The van der Waals surface area contributed by atoms with E-state index in [-0.39, 0.29) is 24.0 Å². The number of carbonyl (C=O) groups excluding carboxylic acids is 1. The number of hydrogen-bond acceptors (Lipinski definition) is 5. The number of rotatable bonds is 10. The first-order chi connectivity index (χ1) is 16.2. The van der Waals surface area contributed by atoms with Gasteiger partial charge in [0, 0.05) is 18.7 Å². The van der Waals surface area contributed by atoms with Crippen LogP contribution in [0.5, 0.6) is 0 Å². The third-order valence-corrected chi connectivity index (χ3v) is 5.94. The molecule has 0 N–H and O–H groups in total. The minimum absolute atomic E-state index is 0.132. The number of furan rings is 1. The van der Waals surface area contributed by atoms with E-state index in [9.17, 15) is 9.18 Å². The third-order valence-electron chi connectivity index (χ3n) is 4.99. The molecule has 1 amide bonds. The Kier molecular flexibility index (Phi) is 7.36. The molecule has 0 bridgehead atoms. The molecule has 0 radical (unpaired) electrons. The van der Waals surface area contributed by atoms with Crippen molar-refractivity contribution >= 4 is 17.7 Å². The molecule has 4 rings (SSSR count). The van der Waals surface area contributed by atoms with Gasteiger partial charge in [0.05, 0.1) is 18.6 Å². The summed E-state index contributed by atoms with van der Waals surface area (Å²) in [5.74, 6) is 0.847. The highest BCUT2D eigenvalue weighted by Crippen LogP contribution is 2.26. The molecule has 0 saturated heterocycles. The normalized spacial score (nSPS) is 10.8. The lowest BCUT2D eigenvalue weighted by molar-refractivity contribution is -0.128. The van der Waals surface area contributed by atoms with E-state index in [0.717, 1.165) is 5.56 Å². The lowest BCUT2D eigenvalue weighted by Gasteiger charge is -2.21. The molecular weight excluding hydrogens is 439 g/mol. The minimum Gasteiger partial charge on any atom is -0.461 e. The van der Waals surface area contributed by atoms with Crippen molar-refractivity contribution < 1.29 is 13.6 Å². The number of thioether (sulfide) groups is 1. The number of benzene rings is 2. The van der Waals surface area contributed by atoms with Crippen LogP contribution in [-0.4, -0.2) is 37.9 Å². The number of halogens is 1. The van der Waals surface area contributed by atoms with E-state index in [4.69, 9.17) is 4.42 Å². The fourth-order valence-electron chi connectivity index (χ4n) is 3.35. The molecule has 0 aliphatic heterocycles. The second-order valence-electron chi connectivity index (χ2n) is 7.30. The van der Waals surface area contributed by atoms with Gasteiger partial charge >= 0.3 is 0 Å². The summed E-state index contributed by atoms with van der Waals surface area (Å²) in [5, 5.41) is 9.21. The zero-order chi connectivity index (χ0) is 23.0. The lowest BCUT2D eigenvalue weighted by Crippen LogP contribution is -2.32. The number of nitrogens with zero attached hydrogens (tertiary/aromatic N) is 4. The summed E-state index contributed by atoms with van der Waals surface area (Å²) in [5.41, 5.74) is 1.54. The van der Waals surface area contributed by atoms with Crippen molar-refractivity contribution in [3.8, 4) is 11.6 Å². The Hall–Kier alpha value is -3.65. The van der Waals surface area contributed by atoms with Gasteiger partial charge < -0.3 is 9.32 Å². The van der Waals surface area contributed by atoms with E-state index in [0.29, 0.717) is 35.4 Å². The Bertz CT molecular complexity index is 1210. The van der Waals surface area contributed by atoms with Crippen LogP contribution in [0.3, 0.4) is 0 Å². The first-order valence-electron chi connectivity index (χ1n) is 10.4. The summed E-state index contributed by atoms with van der Waals surface area (Å²) in [6.07, 6.45) is 3.22. The van der Waals surface area contributed by atoms with E-state index >= 15 is 0 Å². The average Bonchev–Trinajstić information content (AvgIpc) is 3.49. The summed E-state index contributed by atoms with van der Waals surface area (Å²) in [6.45, 7) is 4.75. The Morgan fingerprint density at radius 3 is 2.61 bits per heavy atom. The summed E-state index contributed by atoms with van der Waals surface area (Å²) < 4.78 is 21.6. The van der Waals surface area contributed by atoms with Crippen LogP contribution in [0.4, 0.5) is 4.39 Å². The molecule has 0 saturated carbocycles. The number of amides is 1. The van der Waals surface area contributed by atoms with Crippen molar-refractivity contribution in [1.29, 1.82) is 0 Å². The molecule has 0 unspecified atom stereocenters. The van der Waals surface area contributed by atoms with Crippen LogP contribution in [0.25, 0.3) is 11.6 Å². The number of aromatic nitrogens is 3. The van der Waals surface area contributed by atoms with Crippen molar-refractivity contribution in [2.75, 3.05) is 12.3 Å². The molecule has 2 heterocycles. The standard InChI is InChI=1S/C25H23FN4O2S/c1-2-14-29(17-20-11-6-7-12-21(20)26)23(31)18-33-25-28-27-24(22-13-8-15-32-22)30(25)16-19-9-4-3-5-10-19/h2-13,15H,1,14,16-18H2. The fraction of sp³-hybridized carbons (Fsp3) is 0.160. The van der Waals surface area contributed by atoms with Crippen molar-refractivity contribution in [1.82, 2.24) is 19.7 Å². The van der Waals surface area contributed by atoms with Crippen LogP contribution >= 0.6 is 11.8 Å². The first-order valence-corrected chi connectivity index (χ1v) is 11.4. The van der Waals surface area contributed by atoms with Gasteiger partial charge in [-0.3, -0.25) is 9.36 Å². The van der Waals surface area contributed by atoms with Crippen molar-refractivity contribution in [2.24, 2.45) is 0 Å². The predicted molar refractivity (Wildman–Crippen MR) is 126 cm³/mol. The molecule has 4 aromatic rings. The molecule has 168 valence electrons. The van der Waals surface area contributed by atoms with Gasteiger partial charge in [0.1, 0.15) is 5.82 Å². The summed E-state index contributed by atoms with van der Waals surface area (Å²) >= 11 is 1.29. The molecule has 33 heavy (non-hydrogen) atoms. The molecule has 0 spiro atoms. The molecule has 2 aromatic carbocycles. The summed E-state index contributed by atoms with van der Waals surface area (Å²) in [4.78, 5) is 14.6. The van der Waals surface area contributed by atoms with Crippen molar-refractivity contribution in [3.63, 3.8) is 0 Å². The molecule has 8 heteroatoms. The van der Waals surface area contributed by atoms with E-state index in [1.165, 1.54) is 17.8 Å². The zero-order valence-corrected chi connectivity index (χ0v) is 18.7. The van der Waals surface area contributed by atoms with Gasteiger partial charge in [-0.25, -0.2) is 4.39 Å². The highest BCUT2D eigenvalue weighted by molar-refractivity contribution is 7.99. The van der Waals surface area contributed by atoms with Gasteiger partial charge in [-0.15, -0.1) is 16.8 Å². The Morgan fingerprint density at radius 1 is 1.09 bits per heavy atom. The van der Waals surface area contributed by atoms with Crippen LogP contribution in [-0.2, 0) is 17.9 Å². The zero-order valence-electron chi connectivity index (χ0n) is 17.9. The van der Waals surface area contributed by atoms with Gasteiger partial charge in [0.2, 0.25) is 11.7 Å². The summed E-state index contributed by atoms with van der Waals surface area (Å²) in [7, 11) is 0. The van der Waals surface area contributed by atoms with Gasteiger partial charge in [-0.05, 0) is 23.8 Å². The average molecular weight is 463 g/mol. The molecule has 0 atom stereocenters. The second kappa shape index (κ2) is 10.8. The monoisotopic (exact) mass is 462 g/mol. The molecule has 0 fully saturated rings. The van der Waals surface area contributed by atoms with Crippen LogP contribution in [0.1, 0.15) is 11.1 Å². The predicted octanol–water partition coefficient (Wildman–Crippen LogP) is 5.03. The number of hydrogen-bond donors (Lipinski definition) is 0. The maximum Gasteiger partial charge on any atom is 0.233 e. The van der Waals surface area contributed by atoms with Crippen molar-refractivity contribution in [2.45, 2.75) is 18.2 Å². The van der Waals surface area contributed by atoms with Crippen LogP contribution in [0.2, 0.25) is 0 Å². The number of carbonyl (C=O) groups is 1. The molecule has 0 aliphatic rings. The SMILES string of the molecule is C=CCN(Cc1ccccc1F)C(=O)CSc1nnc(-c2ccco2)n1Cc1ccccc1. The van der Waals surface area contributed by atoms with Crippen LogP contribution in [0.15, 0.2) is 95.2 Å². The first kappa shape index (κ1) is 22.5. The van der Waals surface area contributed by atoms with Gasteiger partial charge in [-0.1, -0.05) is 66.4 Å². The van der Waals surface area contributed by atoms with Crippen LogP contribution < -0.4 is 0 Å². The Balaban J connectivity index is 1.52. The van der Waals surface area contributed by atoms with E-state index in [2.05, 4.69) is 16.8 Å². The summed E-state index contributed by atoms with van der Waals surface area (Å²) in [6, 6.07) is 20.0. The topological polar surface area (TPSA) is 64.2 Å². The molecular formula is C25H23FN4O2S. The molecule has 2 aromatic heterocycles. The minimum atomic E-state index is -0.335. The van der Waals surface area contributed by atoms with Crippen molar-refractivity contribution in [3.05, 3.63) is 103 Å². The molecule has 6 nitrogen and oxygen atoms in total. The Labute approximate surface area is 195 Å². The van der Waals surface area contributed by atoms with Gasteiger partial charge in [0.15, 0.2) is 10.9 Å². The maximum absolute atomic E-state index is 14.1. The lowest BCUT2D eigenvalue weighted by atomic mass is 10.2. The second-order valence-corrected chi connectivity index (χ2v) is 8.24. The smallest absolute Gasteiger partial charge is 0.233 e. The quantitative estimate of drug-likeness (QED) is 0.244. The highest BCUT2D eigenvalue weighted by Gasteiger charge is 2.20. The van der Waals surface area contributed by atoms with Crippen LogP contribution in [0, 0.1) is 5.82 Å². The Morgan fingerprint density at radius 2 is 1.88 bits per heavy atom. The third kappa shape index (κ3) is 5.59. The highest BCUT2D eigenvalue weighted by atomic mass is 32.2. The van der Waals surface area contributed by atoms with E-state index in [1.54, 1.807) is 41.5 Å². The largest absolute Gasteiger partial charge is 0.461 e. The fourth-order valence-corrected chi connectivity index (χ4v) is 4.19. The molecule has 0 aliphatic carbocycles. The van der Waals surface area contributed by atoms with Gasteiger partial charge in [-0.2, -0.15) is 0 Å².